The van der Waals surface area contributed by atoms with Gasteiger partial charge in [-0.15, -0.1) is 11.3 Å². The number of thiophene rings is 1. The molecule has 28 heavy (non-hydrogen) atoms. The maximum Gasteiger partial charge on any atom is 0.282 e. The van der Waals surface area contributed by atoms with Crippen molar-refractivity contribution >= 4 is 34.4 Å². The molecule has 0 aliphatic carbocycles. The van der Waals surface area contributed by atoms with Crippen LogP contribution in [-0.2, 0) is 9.59 Å². The highest BCUT2D eigenvalue weighted by molar-refractivity contribution is 7.11. The molecular weight excluding hydrogens is 374 g/mol. The quantitative estimate of drug-likeness (QED) is 0.726. The van der Waals surface area contributed by atoms with Crippen LogP contribution in [0.4, 0.5) is 5.69 Å². The molecule has 0 spiro atoms. The van der Waals surface area contributed by atoms with E-state index >= 15 is 0 Å². The van der Waals surface area contributed by atoms with Crippen LogP contribution in [0.5, 0.6) is 5.75 Å². The lowest BCUT2D eigenvalue weighted by atomic mass is 10.1. The van der Waals surface area contributed by atoms with Crippen molar-refractivity contribution in [2.24, 2.45) is 0 Å². The van der Waals surface area contributed by atoms with E-state index in [2.05, 4.69) is 16.8 Å². The van der Waals surface area contributed by atoms with Crippen molar-refractivity contribution in [3.05, 3.63) is 52.4 Å². The zero-order valence-corrected chi connectivity index (χ0v) is 16.9. The highest BCUT2D eigenvalue weighted by Crippen LogP contribution is 2.37. The molecule has 2 aromatic rings. The van der Waals surface area contributed by atoms with Gasteiger partial charge in [0.1, 0.15) is 11.4 Å². The smallest absolute Gasteiger partial charge is 0.282 e. The van der Waals surface area contributed by atoms with Gasteiger partial charge in [0, 0.05) is 37.1 Å². The van der Waals surface area contributed by atoms with Gasteiger partial charge in [0.2, 0.25) is 0 Å². The highest BCUT2D eigenvalue weighted by atomic mass is 32.1. The third kappa shape index (κ3) is 3.31. The molecule has 0 bridgehead atoms. The Morgan fingerprint density at radius 1 is 1.04 bits per heavy atom. The van der Waals surface area contributed by atoms with E-state index in [1.54, 1.807) is 18.2 Å². The number of nitrogens with zero attached hydrogens (tertiary/aromatic N) is 3. The Bertz CT molecular complexity index is 915. The minimum absolute atomic E-state index is 0.258. The molecule has 0 radical (unpaired) electrons. The Balaban J connectivity index is 1.75. The molecule has 1 fully saturated rings. The third-order valence-electron chi connectivity index (χ3n) is 5.03. The van der Waals surface area contributed by atoms with Crippen LogP contribution < -0.4 is 9.64 Å². The second-order valence-corrected chi connectivity index (χ2v) is 7.82. The number of rotatable bonds is 5. The second-order valence-electron chi connectivity index (χ2n) is 6.87. The summed E-state index contributed by atoms with van der Waals surface area (Å²) < 4.78 is 5.55. The monoisotopic (exact) mass is 397 g/mol. The van der Waals surface area contributed by atoms with Crippen LogP contribution in [0.2, 0.25) is 0 Å². The summed E-state index contributed by atoms with van der Waals surface area (Å²) in [5.41, 5.74) is 1.56. The minimum Gasteiger partial charge on any atom is -0.494 e. The lowest BCUT2D eigenvalue weighted by Gasteiger charge is -2.34. The first kappa shape index (κ1) is 18.7. The molecule has 3 heterocycles. The molecule has 2 aliphatic heterocycles. The molecular formula is C21H23N3O3S. The highest BCUT2D eigenvalue weighted by Gasteiger charge is 2.43. The molecule has 146 valence electrons. The van der Waals surface area contributed by atoms with Crippen LogP contribution in [0.15, 0.2) is 47.5 Å². The number of hydrogen-bond donors (Lipinski definition) is 0. The summed E-state index contributed by atoms with van der Waals surface area (Å²) in [7, 11) is 2.07. The van der Waals surface area contributed by atoms with E-state index < -0.39 is 0 Å². The van der Waals surface area contributed by atoms with Crippen molar-refractivity contribution in [3.63, 3.8) is 0 Å². The number of imide groups is 1. The van der Waals surface area contributed by atoms with Crippen molar-refractivity contribution in [1.82, 2.24) is 9.80 Å². The number of carbonyl (C=O) groups is 2. The maximum absolute atomic E-state index is 13.4. The number of likely N-dealkylation sites (N-methyl/N-ethyl adjacent to an activating group) is 1. The van der Waals surface area contributed by atoms with Crippen LogP contribution >= 0.6 is 11.3 Å². The van der Waals surface area contributed by atoms with Gasteiger partial charge >= 0.3 is 0 Å². The normalized spacial score (nSPS) is 18.4. The third-order valence-corrected chi connectivity index (χ3v) is 5.92. The van der Waals surface area contributed by atoms with Crippen LogP contribution in [0.3, 0.4) is 0 Å². The minimum atomic E-state index is -0.268. The number of piperazine rings is 1. The zero-order valence-electron chi connectivity index (χ0n) is 16.1. The van der Waals surface area contributed by atoms with Crippen molar-refractivity contribution in [1.29, 1.82) is 0 Å². The van der Waals surface area contributed by atoms with Gasteiger partial charge in [0.15, 0.2) is 0 Å². The van der Waals surface area contributed by atoms with E-state index in [9.17, 15) is 9.59 Å². The first-order chi connectivity index (χ1) is 13.6. The number of anilines is 1. The van der Waals surface area contributed by atoms with Crippen molar-refractivity contribution in [2.45, 2.75) is 6.92 Å². The molecule has 6 nitrogen and oxygen atoms in total. The summed E-state index contributed by atoms with van der Waals surface area (Å²) in [6.07, 6.45) is 0. The fourth-order valence-electron chi connectivity index (χ4n) is 3.60. The van der Waals surface area contributed by atoms with Gasteiger partial charge in [-0.05, 0) is 37.6 Å². The Hall–Kier alpha value is -2.64. The second kappa shape index (κ2) is 7.77. The Kier molecular flexibility index (Phi) is 5.19. The van der Waals surface area contributed by atoms with E-state index in [-0.39, 0.29) is 11.8 Å². The van der Waals surface area contributed by atoms with Gasteiger partial charge in [-0.3, -0.25) is 9.59 Å². The Labute approximate surface area is 168 Å². The number of benzene rings is 1. The first-order valence-corrected chi connectivity index (χ1v) is 10.3. The molecule has 4 rings (SSSR count). The van der Waals surface area contributed by atoms with E-state index in [1.807, 2.05) is 30.5 Å². The van der Waals surface area contributed by atoms with Gasteiger partial charge < -0.3 is 14.5 Å². The lowest BCUT2D eigenvalue weighted by Crippen LogP contribution is -2.46. The summed E-state index contributed by atoms with van der Waals surface area (Å²) in [5.74, 6) is 0.118. The van der Waals surface area contributed by atoms with Gasteiger partial charge in [-0.25, -0.2) is 4.90 Å². The van der Waals surface area contributed by atoms with Gasteiger partial charge in [0.05, 0.1) is 17.9 Å². The van der Waals surface area contributed by atoms with Crippen LogP contribution in [0.1, 0.15) is 11.8 Å². The number of amides is 2. The summed E-state index contributed by atoms with van der Waals surface area (Å²) in [5, 5.41) is 1.93. The number of hydrogen-bond acceptors (Lipinski definition) is 6. The molecule has 7 heteroatoms. The van der Waals surface area contributed by atoms with Crippen LogP contribution in [-0.4, -0.2) is 61.4 Å². The summed E-state index contributed by atoms with van der Waals surface area (Å²) >= 11 is 1.48. The molecule has 0 saturated carbocycles. The average Bonchev–Trinajstić information content (AvgIpc) is 3.29. The number of carbonyl (C=O) groups excluding carboxylic acids is 2. The van der Waals surface area contributed by atoms with E-state index in [0.29, 0.717) is 29.3 Å². The molecule has 1 aromatic carbocycles. The number of ether oxygens (including phenoxy) is 1. The van der Waals surface area contributed by atoms with Gasteiger partial charge in [-0.2, -0.15) is 0 Å². The summed E-state index contributed by atoms with van der Waals surface area (Å²) in [6, 6.07) is 11.0. The fraction of sp³-hybridized carbons (Fsp3) is 0.333. The Morgan fingerprint density at radius 2 is 1.82 bits per heavy atom. The first-order valence-electron chi connectivity index (χ1n) is 9.43. The largest absolute Gasteiger partial charge is 0.494 e. The molecule has 1 aromatic heterocycles. The standard InChI is InChI=1S/C21H23N3O3S/c1-3-27-16-7-4-6-15(14-16)24-20(25)18(17-8-5-13-28-17)19(21(24)26)23-11-9-22(2)10-12-23/h4-8,13-14H,3,9-12H2,1-2H3. The molecule has 1 saturated heterocycles. The van der Waals surface area contributed by atoms with Crippen LogP contribution in [0, 0.1) is 0 Å². The summed E-state index contributed by atoms with van der Waals surface area (Å²) in [4.78, 5) is 33.2. The predicted octanol–water partition coefficient (Wildman–Crippen LogP) is 2.68. The molecule has 2 aliphatic rings. The molecule has 0 unspecified atom stereocenters. The molecule has 0 atom stereocenters. The van der Waals surface area contributed by atoms with Crippen molar-refractivity contribution < 1.29 is 14.3 Å². The van der Waals surface area contributed by atoms with Crippen LogP contribution in [0.25, 0.3) is 5.57 Å². The molecule has 0 N–H and O–H groups in total. The van der Waals surface area contributed by atoms with Gasteiger partial charge in [-0.1, -0.05) is 12.1 Å². The summed E-state index contributed by atoms with van der Waals surface area (Å²) in [6.45, 7) is 5.61. The topological polar surface area (TPSA) is 53.1 Å². The van der Waals surface area contributed by atoms with E-state index in [4.69, 9.17) is 4.74 Å². The predicted molar refractivity (Wildman–Crippen MR) is 110 cm³/mol. The van der Waals surface area contributed by atoms with Crippen molar-refractivity contribution in [2.75, 3.05) is 44.7 Å². The maximum atomic E-state index is 13.4. The molecule has 2 amide bonds. The van der Waals surface area contributed by atoms with Gasteiger partial charge in [0.25, 0.3) is 11.8 Å². The zero-order chi connectivity index (χ0) is 19.7. The van der Waals surface area contributed by atoms with E-state index in [1.165, 1.54) is 16.2 Å². The SMILES string of the molecule is CCOc1cccc(N2C(=O)C(c3cccs3)=C(N3CCN(C)CC3)C2=O)c1. The van der Waals surface area contributed by atoms with E-state index in [0.717, 1.165) is 31.1 Å². The average molecular weight is 398 g/mol. The van der Waals surface area contributed by atoms with Crippen molar-refractivity contribution in [3.8, 4) is 5.75 Å². The lowest BCUT2D eigenvalue weighted by molar-refractivity contribution is -0.120. The fourth-order valence-corrected chi connectivity index (χ4v) is 4.36. The Morgan fingerprint density at radius 3 is 2.50 bits per heavy atom.